The molecule has 1 aromatic carbocycles. The summed E-state index contributed by atoms with van der Waals surface area (Å²) < 4.78 is 5.36. The van der Waals surface area contributed by atoms with Crippen molar-refractivity contribution in [2.45, 2.75) is 44.9 Å². The van der Waals surface area contributed by atoms with Crippen molar-refractivity contribution in [2.24, 2.45) is 17.3 Å². The van der Waals surface area contributed by atoms with Gasteiger partial charge < -0.3 is 9.84 Å². The molecule has 0 saturated heterocycles. The summed E-state index contributed by atoms with van der Waals surface area (Å²) in [5, 5.41) is 9.08. The van der Waals surface area contributed by atoms with Gasteiger partial charge in [-0.25, -0.2) is 4.79 Å². The maximum absolute atomic E-state index is 12.9. The Morgan fingerprint density at radius 2 is 2.16 bits per heavy atom. The predicted molar refractivity (Wildman–Crippen MR) is 93.7 cm³/mol. The number of hydrogen-bond donors (Lipinski definition) is 1. The highest BCUT2D eigenvalue weighted by molar-refractivity contribution is 6.06. The molecule has 0 aliphatic heterocycles. The lowest BCUT2D eigenvalue weighted by Crippen LogP contribution is -2.42. The zero-order valence-electron chi connectivity index (χ0n) is 14.7. The summed E-state index contributed by atoms with van der Waals surface area (Å²) in [7, 11) is 1.69. The van der Waals surface area contributed by atoms with Crippen molar-refractivity contribution in [3.05, 3.63) is 41.0 Å². The van der Waals surface area contributed by atoms with Gasteiger partial charge in [-0.05, 0) is 73.1 Å². The second-order valence-electron chi connectivity index (χ2n) is 7.98. The molecule has 0 aromatic heterocycles. The highest BCUT2D eigenvalue weighted by atomic mass is 16.5. The standard InChI is InChI=1S/C21H24O4/c1-21-8-7-16-15-6-4-14(25-2)9-12(15)3-5-17(16)18(21)10-13(20(21)24)11-19(22)23/h4,6,9,11,16-18H,3,5,7-8,10H2,1-2H3,(H,22,23). The molecule has 3 aliphatic carbocycles. The number of rotatable bonds is 2. The summed E-state index contributed by atoms with van der Waals surface area (Å²) >= 11 is 0. The van der Waals surface area contributed by atoms with E-state index in [-0.39, 0.29) is 17.1 Å². The van der Waals surface area contributed by atoms with E-state index in [1.54, 1.807) is 7.11 Å². The van der Waals surface area contributed by atoms with Crippen molar-refractivity contribution in [1.29, 1.82) is 0 Å². The normalized spacial score (nSPS) is 35.0. The van der Waals surface area contributed by atoms with Gasteiger partial charge in [0.05, 0.1) is 7.11 Å². The Bertz CT molecular complexity index is 778. The Morgan fingerprint density at radius 3 is 2.88 bits per heavy atom. The van der Waals surface area contributed by atoms with Gasteiger partial charge in [0.15, 0.2) is 5.78 Å². The number of Topliss-reactive ketones (excluding diaryl/α,β-unsaturated/α-hetero) is 1. The number of methoxy groups -OCH3 is 1. The molecule has 4 nitrogen and oxygen atoms in total. The molecule has 0 heterocycles. The fourth-order valence-electron chi connectivity index (χ4n) is 5.63. The largest absolute Gasteiger partial charge is 0.497 e. The van der Waals surface area contributed by atoms with Crippen molar-refractivity contribution in [1.82, 2.24) is 0 Å². The fraction of sp³-hybridized carbons (Fsp3) is 0.524. The quantitative estimate of drug-likeness (QED) is 0.833. The third-order valence-corrected chi connectivity index (χ3v) is 6.87. The molecule has 0 bridgehead atoms. The van der Waals surface area contributed by atoms with E-state index in [1.807, 2.05) is 6.07 Å². The number of allylic oxidation sites excluding steroid dienone is 1. The highest BCUT2D eigenvalue weighted by Crippen LogP contribution is 2.60. The van der Waals surface area contributed by atoms with Crippen molar-refractivity contribution < 1.29 is 19.4 Å². The molecule has 3 aliphatic rings. The van der Waals surface area contributed by atoms with Crippen LogP contribution in [0.25, 0.3) is 0 Å². The van der Waals surface area contributed by atoms with Crippen molar-refractivity contribution in [3.63, 3.8) is 0 Å². The molecule has 132 valence electrons. The number of aryl methyl sites for hydroxylation is 1. The van der Waals surface area contributed by atoms with Crippen LogP contribution in [0.15, 0.2) is 29.8 Å². The molecule has 0 amide bonds. The maximum Gasteiger partial charge on any atom is 0.328 e. The van der Waals surface area contributed by atoms with Crippen LogP contribution in [-0.2, 0) is 16.0 Å². The molecule has 4 atom stereocenters. The highest BCUT2D eigenvalue weighted by Gasteiger charge is 2.56. The lowest BCUT2D eigenvalue weighted by Gasteiger charge is -2.48. The second kappa shape index (κ2) is 5.72. The van der Waals surface area contributed by atoms with E-state index in [4.69, 9.17) is 9.84 Å². The molecule has 2 fully saturated rings. The molecule has 0 spiro atoms. The Kier molecular flexibility index (Phi) is 3.75. The maximum atomic E-state index is 12.9. The summed E-state index contributed by atoms with van der Waals surface area (Å²) in [5.41, 5.74) is 2.91. The third-order valence-electron chi connectivity index (χ3n) is 6.87. The van der Waals surface area contributed by atoms with Gasteiger partial charge in [-0.2, -0.15) is 0 Å². The van der Waals surface area contributed by atoms with E-state index in [1.165, 1.54) is 11.1 Å². The second-order valence-corrected chi connectivity index (χ2v) is 7.98. The van der Waals surface area contributed by atoms with E-state index in [9.17, 15) is 9.59 Å². The minimum Gasteiger partial charge on any atom is -0.497 e. The number of carbonyl (C=O) groups is 2. The van der Waals surface area contributed by atoms with Gasteiger partial charge in [0.25, 0.3) is 0 Å². The van der Waals surface area contributed by atoms with E-state index in [0.29, 0.717) is 23.8 Å². The van der Waals surface area contributed by atoms with Gasteiger partial charge in [0.1, 0.15) is 5.75 Å². The Hall–Kier alpha value is -2.10. The first kappa shape index (κ1) is 16.4. The summed E-state index contributed by atoms with van der Waals surface area (Å²) in [4.78, 5) is 23.9. The average molecular weight is 340 g/mol. The minimum absolute atomic E-state index is 0.0684. The number of carbonyl (C=O) groups excluding carboxylic acids is 1. The van der Waals surface area contributed by atoms with Gasteiger partial charge in [-0.15, -0.1) is 0 Å². The number of benzene rings is 1. The lowest BCUT2D eigenvalue weighted by molar-refractivity contribution is -0.132. The van der Waals surface area contributed by atoms with Crippen molar-refractivity contribution in [3.8, 4) is 5.75 Å². The topological polar surface area (TPSA) is 63.6 Å². The zero-order chi connectivity index (χ0) is 17.8. The van der Waals surface area contributed by atoms with Crippen LogP contribution in [-0.4, -0.2) is 24.0 Å². The van der Waals surface area contributed by atoms with Crippen molar-refractivity contribution >= 4 is 11.8 Å². The number of ether oxygens (including phenoxy) is 1. The van der Waals surface area contributed by atoms with E-state index in [2.05, 4.69) is 19.1 Å². The summed E-state index contributed by atoms with van der Waals surface area (Å²) in [6.45, 7) is 2.06. The zero-order valence-corrected chi connectivity index (χ0v) is 14.7. The van der Waals surface area contributed by atoms with Crippen LogP contribution in [0.2, 0.25) is 0 Å². The van der Waals surface area contributed by atoms with Crippen LogP contribution in [0, 0.1) is 17.3 Å². The number of carboxylic acids is 1. The number of ketones is 1. The molecule has 4 unspecified atom stereocenters. The minimum atomic E-state index is -1.01. The SMILES string of the molecule is COc1ccc2c(c1)CCC1C2CCC2(C)C(=O)C(=CC(=O)O)CC12. The summed E-state index contributed by atoms with van der Waals surface area (Å²) in [6, 6.07) is 6.37. The molecular formula is C21H24O4. The molecule has 4 heteroatoms. The van der Waals surface area contributed by atoms with Crippen LogP contribution >= 0.6 is 0 Å². The number of carboxylic acid groups (broad SMARTS) is 1. The predicted octanol–water partition coefficient (Wildman–Crippen LogP) is 3.74. The molecule has 2 saturated carbocycles. The third kappa shape index (κ3) is 2.42. The number of hydrogen-bond acceptors (Lipinski definition) is 3. The van der Waals surface area contributed by atoms with Gasteiger partial charge in [0.2, 0.25) is 0 Å². The molecule has 1 aromatic rings. The van der Waals surface area contributed by atoms with Crippen LogP contribution in [0.4, 0.5) is 0 Å². The average Bonchev–Trinajstić information content (AvgIpc) is 2.85. The first-order chi connectivity index (χ1) is 11.9. The van der Waals surface area contributed by atoms with E-state index >= 15 is 0 Å². The van der Waals surface area contributed by atoms with Crippen LogP contribution in [0.5, 0.6) is 5.75 Å². The van der Waals surface area contributed by atoms with Crippen molar-refractivity contribution in [2.75, 3.05) is 7.11 Å². The summed E-state index contributed by atoms with van der Waals surface area (Å²) in [5.74, 6) is 1.16. The first-order valence-corrected chi connectivity index (χ1v) is 9.09. The van der Waals surface area contributed by atoms with E-state index < -0.39 is 5.97 Å². The lowest BCUT2D eigenvalue weighted by atomic mass is 9.55. The van der Waals surface area contributed by atoms with Gasteiger partial charge in [0, 0.05) is 17.1 Å². The van der Waals surface area contributed by atoms with Crippen LogP contribution in [0.1, 0.15) is 49.7 Å². The molecule has 25 heavy (non-hydrogen) atoms. The monoisotopic (exact) mass is 340 g/mol. The Labute approximate surface area is 147 Å². The number of fused-ring (bicyclic) bond motifs is 5. The van der Waals surface area contributed by atoms with Gasteiger partial charge >= 0.3 is 5.97 Å². The number of aliphatic carboxylic acids is 1. The van der Waals surface area contributed by atoms with Crippen LogP contribution in [0.3, 0.4) is 0 Å². The van der Waals surface area contributed by atoms with Crippen LogP contribution < -0.4 is 4.74 Å². The smallest absolute Gasteiger partial charge is 0.328 e. The molecule has 1 N–H and O–H groups in total. The fourth-order valence-corrected chi connectivity index (χ4v) is 5.63. The Balaban J connectivity index is 1.69. The van der Waals surface area contributed by atoms with E-state index in [0.717, 1.165) is 37.5 Å². The first-order valence-electron chi connectivity index (χ1n) is 9.09. The van der Waals surface area contributed by atoms with Gasteiger partial charge in [-0.3, -0.25) is 4.79 Å². The van der Waals surface area contributed by atoms with Gasteiger partial charge in [-0.1, -0.05) is 13.0 Å². The molecule has 4 rings (SSSR count). The summed E-state index contributed by atoms with van der Waals surface area (Å²) in [6.07, 6.45) is 5.69. The molecule has 0 radical (unpaired) electrons. The molecular weight excluding hydrogens is 316 g/mol. The Morgan fingerprint density at radius 1 is 1.36 bits per heavy atom.